The molecule has 0 spiro atoms. The third-order valence-electron chi connectivity index (χ3n) is 4.83. The molecule has 0 radical (unpaired) electrons. The fourth-order valence-electron chi connectivity index (χ4n) is 3.06. The molecule has 8 nitrogen and oxygen atoms in total. The van der Waals surface area contributed by atoms with Crippen LogP contribution in [0.15, 0.2) is 0 Å². The van der Waals surface area contributed by atoms with Crippen molar-refractivity contribution in [1.82, 2.24) is 0 Å². The molecule has 12 heteroatoms. The Balaban J connectivity index is -0.000000206. The van der Waals surface area contributed by atoms with Crippen LogP contribution in [-0.2, 0) is 28.2 Å². The van der Waals surface area contributed by atoms with Crippen molar-refractivity contribution in [2.75, 3.05) is 13.2 Å². The van der Waals surface area contributed by atoms with E-state index in [1.54, 1.807) is 6.92 Å². The standard InChI is InChI=1S/C26H39O8P.2Na.H2S.5H2/c1-3-5-7-9-10-11-12-13-14-15-17-19-21-26(28)34-24(23-33-35(29,30)31)22-32-25(27)20-18-16-8-6-4-2;;;;;;;;/h24H,3,5,7,9-15,17,19,21-23H2,1-2H3,(H2,29,30,31);;;1H2;5*1H/q;2*+1;;;;;;/p-2/t24-;;;;;;;;/m0......../s1. The summed E-state index contributed by atoms with van der Waals surface area (Å²) in [6.45, 7) is 2.55. The molecule has 0 N–H and O–H groups in total. The average molecular weight is 599 g/mol. The van der Waals surface area contributed by atoms with Gasteiger partial charge in [0.25, 0.3) is 0 Å². The van der Waals surface area contributed by atoms with Crippen molar-refractivity contribution in [2.45, 2.75) is 103 Å². The van der Waals surface area contributed by atoms with E-state index in [1.807, 2.05) is 0 Å². The van der Waals surface area contributed by atoms with Crippen LogP contribution in [0.25, 0.3) is 0 Å². The molecule has 0 amide bonds. The Bertz CT molecular complexity index is 869. The van der Waals surface area contributed by atoms with Crippen LogP contribution in [-0.4, -0.2) is 31.3 Å². The van der Waals surface area contributed by atoms with E-state index in [4.69, 9.17) is 9.47 Å². The third kappa shape index (κ3) is 34.1. The normalized spacial score (nSPS) is 10.2. The first kappa shape index (κ1) is 45.1. The summed E-state index contributed by atoms with van der Waals surface area (Å²) in [5, 5.41) is 0. The maximum absolute atomic E-state index is 12.1. The molecule has 0 bridgehead atoms. The van der Waals surface area contributed by atoms with E-state index in [2.05, 4.69) is 47.0 Å². The molecular weight excluding hydrogens is 549 g/mol. The van der Waals surface area contributed by atoms with Crippen molar-refractivity contribution in [3.8, 4) is 35.5 Å². The van der Waals surface area contributed by atoms with Crippen LogP contribution in [0.3, 0.4) is 0 Å². The Kier molecular flexibility index (Phi) is 37.5. The van der Waals surface area contributed by atoms with Crippen LogP contribution >= 0.6 is 21.3 Å². The van der Waals surface area contributed by atoms with E-state index in [0.29, 0.717) is 6.42 Å². The quantitative estimate of drug-likeness (QED) is 0.0452. The maximum atomic E-state index is 12.1. The summed E-state index contributed by atoms with van der Waals surface area (Å²) >= 11 is 0. The Morgan fingerprint density at radius 2 is 1.32 bits per heavy atom. The third-order valence-corrected chi connectivity index (χ3v) is 5.29. The number of carbonyl (C=O) groups excluding carboxylic acids is 2. The van der Waals surface area contributed by atoms with Gasteiger partial charge in [-0.2, -0.15) is 13.5 Å². The summed E-state index contributed by atoms with van der Waals surface area (Å²) in [6, 6.07) is 0. The summed E-state index contributed by atoms with van der Waals surface area (Å²) in [6.07, 6.45) is 12.7. The van der Waals surface area contributed by atoms with E-state index in [0.717, 1.165) is 19.3 Å². The summed E-state index contributed by atoms with van der Waals surface area (Å²) in [7, 11) is -5.28. The molecule has 214 valence electrons. The average Bonchev–Trinajstić information content (AvgIpc) is 2.80. The first-order valence-electron chi connectivity index (χ1n) is 12.2. The Labute approximate surface area is 287 Å². The molecule has 0 aliphatic rings. The van der Waals surface area contributed by atoms with Gasteiger partial charge in [0.2, 0.25) is 0 Å². The smallest absolute Gasteiger partial charge is 0.790 e. The molecule has 1 atom stereocenters. The zero-order valence-electron chi connectivity index (χ0n) is 23.4. The van der Waals surface area contributed by atoms with Crippen LogP contribution in [0.1, 0.15) is 104 Å². The van der Waals surface area contributed by atoms with Gasteiger partial charge in [0.05, 0.1) is 14.4 Å². The second kappa shape index (κ2) is 31.6. The molecule has 0 aromatic heterocycles. The zero-order chi connectivity index (χ0) is 26.2. The molecule has 0 saturated heterocycles. The molecular formula is C26H49Na2O8PS. The zero-order valence-corrected chi connectivity index (χ0v) is 29.3. The Hall–Kier alpha value is 0.0800. The summed E-state index contributed by atoms with van der Waals surface area (Å²) in [5.74, 6) is 12.5. The fourth-order valence-corrected chi connectivity index (χ4v) is 3.41. The summed E-state index contributed by atoms with van der Waals surface area (Å²) < 4.78 is 24.9. The van der Waals surface area contributed by atoms with E-state index < -0.39 is 39.1 Å². The van der Waals surface area contributed by atoms with E-state index in [9.17, 15) is 23.9 Å². The number of rotatable bonds is 19. The molecule has 0 aliphatic heterocycles. The predicted molar refractivity (Wildman–Crippen MR) is 150 cm³/mol. The van der Waals surface area contributed by atoms with Gasteiger partial charge in [0.15, 0.2) is 6.10 Å². The van der Waals surface area contributed by atoms with Gasteiger partial charge in [-0.25, -0.2) is 4.79 Å². The largest absolute Gasteiger partial charge is 1.00 e. The van der Waals surface area contributed by atoms with Crippen LogP contribution in [0.4, 0.5) is 0 Å². The fraction of sp³-hybridized carbons (Fsp3) is 0.692. The van der Waals surface area contributed by atoms with Gasteiger partial charge in [-0.1, -0.05) is 83.5 Å². The molecule has 0 aromatic rings. The number of phosphoric ester groups is 1. The number of esters is 2. The van der Waals surface area contributed by atoms with Crippen LogP contribution in [0.5, 0.6) is 0 Å². The van der Waals surface area contributed by atoms with Gasteiger partial charge in [0.1, 0.15) is 6.61 Å². The monoisotopic (exact) mass is 598 g/mol. The first-order valence-corrected chi connectivity index (χ1v) is 13.7. The Morgan fingerprint density at radius 3 is 1.82 bits per heavy atom. The minimum absolute atomic E-state index is 0. The van der Waals surface area contributed by atoms with Gasteiger partial charge in [-0.3, -0.25) is 4.79 Å². The van der Waals surface area contributed by atoms with Crippen LogP contribution in [0, 0.1) is 35.5 Å². The maximum Gasteiger partial charge on any atom is 1.00 e. The van der Waals surface area contributed by atoms with Crippen molar-refractivity contribution in [3.63, 3.8) is 0 Å². The molecule has 0 rings (SSSR count). The first-order chi connectivity index (χ1) is 16.8. The number of unbranched alkanes of at least 4 members (excludes halogenated alkanes) is 11. The van der Waals surface area contributed by atoms with Crippen molar-refractivity contribution < 1.29 is 104 Å². The predicted octanol–water partition coefficient (Wildman–Crippen LogP) is -1.24. The number of carbonyl (C=O) groups is 2. The molecule has 0 aliphatic carbocycles. The van der Waals surface area contributed by atoms with E-state index in [1.165, 1.54) is 51.4 Å². The number of ether oxygens (including phenoxy) is 2. The number of hydrogen-bond donors (Lipinski definition) is 0. The number of hydrogen-bond acceptors (Lipinski definition) is 8. The van der Waals surface area contributed by atoms with Gasteiger partial charge in [0, 0.05) is 19.5 Å². The molecule has 0 unspecified atom stereocenters. The van der Waals surface area contributed by atoms with Gasteiger partial charge in [-0.15, -0.1) is 0 Å². The molecule has 0 heterocycles. The van der Waals surface area contributed by atoms with Gasteiger partial charge in [-0.05, 0) is 37.0 Å². The van der Waals surface area contributed by atoms with Gasteiger partial charge >= 0.3 is 71.1 Å². The molecule has 0 fully saturated rings. The van der Waals surface area contributed by atoms with Gasteiger partial charge < -0.3 is 28.3 Å². The summed E-state index contributed by atoms with van der Waals surface area (Å²) in [5.41, 5.74) is 0. The minimum atomic E-state index is -5.28. The van der Waals surface area contributed by atoms with Crippen molar-refractivity contribution in [1.29, 1.82) is 0 Å². The minimum Gasteiger partial charge on any atom is -0.790 e. The second-order valence-electron chi connectivity index (χ2n) is 7.97. The Morgan fingerprint density at radius 1 is 0.816 bits per heavy atom. The van der Waals surface area contributed by atoms with Crippen molar-refractivity contribution in [3.05, 3.63) is 0 Å². The van der Waals surface area contributed by atoms with E-state index >= 15 is 0 Å². The van der Waals surface area contributed by atoms with Crippen molar-refractivity contribution in [2.24, 2.45) is 0 Å². The topological polar surface area (TPSA) is 125 Å². The van der Waals surface area contributed by atoms with Crippen molar-refractivity contribution >= 4 is 33.3 Å². The SMILES string of the molecule is CC#CC#CC#CC(=O)OC[C@@H](COP(=O)([O-])[O-])OC(=O)CCCCCCCCCCCCCC.S.[HH].[HH].[HH].[HH].[HH].[Na+].[Na+]. The molecule has 0 saturated carbocycles. The van der Waals surface area contributed by atoms with E-state index in [-0.39, 0.29) is 86.2 Å². The number of phosphoric acid groups is 1. The second-order valence-corrected chi connectivity index (χ2v) is 9.12. The van der Waals surface area contributed by atoms with Crippen LogP contribution < -0.4 is 68.9 Å². The summed E-state index contributed by atoms with van der Waals surface area (Å²) in [4.78, 5) is 45.2. The van der Waals surface area contributed by atoms with Crippen LogP contribution in [0.2, 0.25) is 0 Å². The molecule has 0 aromatic carbocycles. The molecule has 38 heavy (non-hydrogen) atoms.